The zero-order valence-electron chi connectivity index (χ0n) is 11.4. The highest BCUT2D eigenvalue weighted by Gasteiger charge is 2.16. The van der Waals surface area contributed by atoms with Crippen molar-refractivity contribution >= 4 is 21.6 Å². The van der Waals surface area contributed by atoms with E-state index in [2.05, 4.69) is 4.72 Å². The van der Waals surface area contributed by atoms with E-state index in [1.807, 2.05) is 20.8 Å². The van der Waals surface area contributed by atoms with Gasteiger partial charge in [0.2, 0.25) is 10.0 Å². The van der Waals surface area contributed by atoms with Crippen molar-refractivity contribution in [3.63, 3.8) is 0 Å². The molecule has 108 valence electrons. The van der Waals surface area contributed by atoms with Crippen molar-refractivity contribution in [1.29, 1.82) is 0 Å². The fourth-order valence-corrected chi connectivity index (χ4v) is 3.17. The molecule has 0 spiro atoms. The predicted molar refractivity (Wildman–Crippen MR) is 77.1 cm³/mol. The highest BCUT2D eigenvalue weighted by atomic mass is 35.5. The molecule has 0 heterocycles. The number of rotatable bonds is 7. The van der Waals surface area contributed by atoms with Crippen molar-refractivity contribution in [2.24, 2.45) is 0 Å². The van der Waals surface area contributed by atoms with Crippen LogP contribution < -0.4 is 4.72 Å². The molecule has 0 saturated heterocycles. The monoisotopic (exact) mass is 305 g/mol. The van der Waals surface area contributed by atoms with E-state index in [1.54, 1.807) is 12.1 Å². The van der Waals surface area contributed by atoms with Gasteiger partial charge >= 0.3 is 0 Å². The molecule has 1 rings (SSSR count). The summed E-state index contributed by atoms with van der Waals surface area (Å²) >= 11 is 5.95. The van der Waals surface area contributed by atoms with Gasteiger partial charge in [-0.3, -0.25) is 0 Å². The van der Waals surface area contributed by atoms with Crippen molar-refractivity contribution in [2.75, 3.05) is 13.2 Å². The molecule has 0 aromatic heterocycles. The maximum atomic E-state index is 12.0. The summed E-state index contributed by atoms with van der Waals surface area (Å²) in [5, 5.41) is 0.242. The highest BCUT2D eigenvalue weighted by molar-refractivity contribution is 7.89. The van der Waals surface area contributed by atoms with E-state index >= 15 is 0 Å². The standard InChI is InChI=1S/C13H20ClNO3S/c1-10(2)18-8-4-7-15-19(16,17)13-6-5-11(3)9-12(13)14/h5-6,9-10,15H,4,7-8H2,1-3H3. The first-order chi connectivity index (χ1) is 8.83. The summed E-state index contributed by atoms with van der Waals surface area (Å²) in [4.78, 5) is 0.115. The van der Waals surface area contributed by atoms with Crippen LogP contribution in [-0.2, 0) is 14.8 Å². The quantitative estimate of drug-likeness (QED) is 0.788. The Balaban J connectivity index is 2.56. The lowest BCUT2D eigenvalue weighted by Gasteiger charge is -2.10. The number of hydrogen-bond donors (Lipinski definition) is 1. The first-order valence-corrected chi connectivity index (χ1v) is 8.06. The van der Waals surface area contributed by atoms with E-state index < -0.39 is 10.0 Å². The second kappa shape index (κ2) is 7.24. The first-order valence-electron chi connectivity index (χ1n) is 6.20. The fourth-order valence-electron chi connectivity index (χ4n) is 1.50. The van der Waals surface area contributed by atoms with Crippen molar-refractivity contribution in [2.45, 2.75) is 38.2 Å². The third-order valence-electron chi connectivity index (χ3n) is 2.44. The second-order valence-electron chi connectivity index (χ2n) is 4.60. The van der Waals surface area contributed by atoms with Gasteiger partial charge in [0.25, 0.3) is 0 Å². The van der Waals surface area contributed by atoms with Crippen LogP contribution in [0.15, 0.2) is 23.1 Å². The zero-order chi connectivity index (χ0) is 14.5. The molecule has 0 aliphatic carbocycles. The van der Waals surface area contributed by atoms with Crippen LogP contribution in [-0.4, -0.2) is 27.7 Å². The van der Waals surface area contributed by atoms with Crippen LogP contribution in [0.2, 0.25) is 5.02 Å². The van der Waals surface area contributed by atoms with Crippen LogP contribution in [0.25, 0.3) is 0 Å². The third-order valence-corrected chi connectivity index (χ3v) is 4.39. The Morgan fingerprint density at radius 1 is 1.37 bits per heavy atom. The number of halogens is 1. The van der Waals surface area contributed by atoms with Crippen molar-refractivity contribution < 1.29 is 13.2 Å². The summed E-state index contributed by atoms with van der Waals surface area (Å²) in [5.74, 6) is 0. The maximum absolute atomic E-state index is 12.0. The van der Waals surface area contributed by atoms with Crippen molar-refractivity contribution in [1.82, 2.24) is 4.72 Å². The SMILES string of the molecule is Cc1ccc(S(=O)(=O)NCCCOC(C)C)c(Cl)c1. The van der Waals surface area contributed by atoms with Gasteiger partial charge in [0.05, 0.1) is 11.1 Å². The Morgan fingerprint density at radius 2 is 2.05 bits per heavy atom. The average Bonchev–Trinajstić information content (AvgIpc) is 2.27. The maximum Gasteiger partial charge on any atom is 0.242 e. The van der Waals surface area contributed by atoms with Gasteiger partial charge < -0.3 is 4.74 Å². The van der Waals surface area contributed by atoms with E-state index in [1.165, 1.54) is 6.07 Å². The summed E-state index contributed by atoms with van der Waals surface area (Å²) in [5.41, 5.74) is 0.925. The fraction of sp³-hybridized carbons (Fsp3) is 0.538. The van der Waals surface area contributed by atoms with Crippen LogP contribution in [0.3, 0.4) is 0 Å². The normalized spacial score (nSPS) is 12.1. The van der Waals surface area contributed by atoms with Crippen LogP contribution in [0.1, 0.15) is 25.8 Å². The Morgan fingerprint density at radius 3 is 2.63 bits per heavy atom. The molecule has 0 aliphatic heterocycles. The molecule has 1 aromatic carbocycles. The molecule has 0 radical (unpaired) electrons. The lowest BCUT2D eigenvalue weighted by molar-refractivity contribution is 0.0778. The number of aryl methyl sites for hydroxylation is 1. The minimum atomic E-state index is -3.55. The lowest BCUT2D eigenvalue weighted by Crippen LogP contribution is -2.26. The molecule has 19 heavy (non-hydrogen) atoms. The van der Waals surface area contributed by atoms with Gasteiger partial charge in [0.1, 0.15) is 4.90 Å². The summed E-state index contributed by atoms with van der Waals surface area (Å²) < 4.78 is 31.9. The van der Waals surface area contributed by atoms with Crippen LogP contribution in [0.5, 0.6) is 0 Å². The first kappa shape index (κ1) is 16.4. The van der Waals surface area contributed by atoms with E-state index in [-0.39, 0.29) is 16.0 Å². The molecule has 1 N–H and O–H groups in total. The van der Waals surface area contributed by atoms with Gasteiger partial charge in [0, 0.05) is 13.2 Å². The molecule has 0 atom stereocenters. The number of sulfonamides is 1. The molecular formula is C13H20ClNO3S. The van der Waals surface area contributed by atoms with Crippen LogP contribution in [0.4, 0.5) is 0 Å². The number of ether oxygens (including phenoxy) is 1. The molecule has 0 fully saturated rings. The van der Waals surface area contributed by atoms with Gasteiger partial charge in [-0.15, -0.1) is 0 Å². The van der Waals surface area contributed by atoms with Gasteiger partial charge in [-0.2, -0.15) is 0 Å². The van der Waals surface area contributed by atoms with Crippen molar-refractivity contribution in [3.8, 4) is 0 Å². The minimum Gasteiger partial charge on any atom is -0.379 e. The second-order valence-corrected chi connectivity index (χ2v) is 6.75. The molecule has 0 amide bonds. The zero-order valence-corrected chi connectivity index (χ0v) is 13.0. The molecule has 0 aliphatic rings. The molecule has 0 bridgehead atoms. The van der Waals surface area contributed by atoms with Gasteiger partial charge in [-0.1, -0.05) is 17.7 Å². The molecule has 1 aromatic rings. The molecule has 0 saturated carbocycles. The van der Waals surface area contributed by atoms with E-state index in [0.29, 0.717) is 19.6 Å². The smallest absolute Gasteiger partial charge is 0.242 e. The number of benzene rings is 1. The van der Waals surface area contributed by atoms with Gasteiger partial charge in [-0.25, -0.2) is 13.1 Å². The number of nitrogens with one attached hydrogen (secondary N) is 1. The Hall–Kier alpha value is -0.620. The largest absolute Gasteiger partial charge is 0.379 e. The summed E-state index contributed by atoms with van der Waals surface area (Å²) in [7, 11) is -3.55. The van der Waals surface area contributed by atoms with E-state index in [0.717, 1.165) is 5.56 Å². The highest BCUT2D eigenvalue weighted by Crippen LogP contribution is 2.22. The van der Waals surface area contributed by atoms with Crippen molar-refractivity contribution in [3.05, 3.63) is 28.8 Å². The number of hydrogen-bond acceptors (Lipinski definition) is 3. The molecule has 0 unspecified atom stereocenters. The average molecular weight is 306 g/mol. The lowest BCUT2D eigenvalue weighted by atomic mass is 10.2. The Kier molecular flexibility index (Phi) is 6.26. The summed E-state index contributed by atoms with van der Waals surface area (Å²) in [6, 6.07) is 4.88. The Bertz CT molecular complexity index is 515. The molecule has 4 nitrogen and oxygen atoms in total. The Labute approximate surface area is 120 Å². The van der Waals surface area contributed by atoms with E-state index in [9.17, 15) is 8.42 Å². The van der Waals surface area contributed by atoms with Crippen LogP contribution in [0, 0.1) is 6.92 Å². The predicted octanol–water partition coefficient (Wildman–Crippen LogP) is 2.74. The van der Waals surface area contributed by atoms with Gasteiger partial charge in [-0.05, 0) is 44.9 Å². The van der Waals surface area contributed by atoms with Crippen LogP contribution >= 0.6 is 11.6 Å². The third kappa shape index (κ3) is 5.48. The minimum absolute atomic E-state index is 0.115. The molecule has 6 heteroatoms. The topological polar surface area (TPSA) is 55.4 Å². The molecular weight excluding hydrogens is 286 g/mol. The summed E-state index contributed by atoms with van der Waals surface area (Å²) in [6.07, 6.45) is 0.782. The van der Waals surface area contributed by atoms with Gasteiger partial charge in [0.15, 0.2) is 0 Å². The van der Waals surface area contributed by atoms with E-state index in [4.69, 9.17) is 16.3 Å². The summed E-state index contributed by atoms with van der Waals surface area (Å²) in [6.45, 7) is 6.60.